The number of ketones is 2. The number of hydrogen-bond donors (Lipinski definition) is 0. The van der Waals surface area contributed by atoms with Crippen molar-refractivity contribution in [2.24, 2.45) is 23.7 Å². The molecule has 2 aliphatic heterocycles. The Balaban J connectivity index is 1.60. The molecule has 0 spiro atoms. The second-order valence-corrected chi connectivity index (χ2v) is 8.49. The van der Waals surface area contributed by atoms with Crippen LogP contribution < -0.4 is 9.47 Å². The van der Waals surface area contributed by atoms with Crippen LogP contribution in [0.1, 0.15) is 52.8 Å². The number of carbonyl (C=O) groups is 4. The van der Waals surface area contributed by atoms with Crippen LogP contribution in [0.3, 0.4) is 0 Å². The zero-order valence-electron chi connectivity index (χ0n) is 16.9. The van der Waals surface area contributed by atoms with Crippen LogP contribution in [-0.2, 0) is 9.59 Å². The van der Waals surface area contributed by atoms with Gasteiger partial charge in [-0.25, -0.2) is 0 Å². The van der Waals surface area contributed by atoms with Crippen molar-refractivity contribution in [3.8, 4) is 11.5 Å². The molecule has 2 aromatic rings. The first kappa shape index (κ1) is 19.7. The lowest BCUT2D eigenvalue weighted by Crippen LogP contribution is -2.50. The van der Waals surface area contributed by atoms with Crippen LogP contribution in [0.5, 0.6) is 11.5 Å². The molecule has 158 valence electrons. The maximum atomic E-state index is 13.4. The second-order valence-electron chi connectivity index (χ2n) is 8.49. The van der Waals surface area contributed by atoms with Crippen molar-refractivity contribution in [3.63, 3.8) is 0 Å². The Kier molecular flexibility index (Phi) is 4.93. The van der Waals surface area contributed by atoms with E-state index in [4.69, 9.17) is 9.47 Å². The van der Waals surface area contributed by atoms with Gasteiger partial charge in [-0.1, -0.05) is 56.4 Å². The molecular formula is C25H22O6. The third-order valence-electron chi connectivity index (χ3n) is 6.76. The van der Waals surface area contributed by atoms with Crippen LogP contribution in [-0.4, -0.2) is 23.5 Å². The van der Waals surface area contributed by atoms with Crippen molar-refractivity contribution in [1.82, 2.24) is 0 Å². The van der Waals surface area contributed by atoms with Crippen molar-refractivity contribution in [3.05, 3.63) is 59.7 Å². The van der Waals surface area contributed by atoms with Crippen LogP contribution in [0.4, 0.5) is 0 Å². The Labute approximate surface area is 179 Å². The van der Waals surface area contributed by atoms with E-state index in [2.05, 4.69) is 0 Å². The Morgan fingerprint density at radius 2 is 1.10 bits per heavy atom. The highest BCUT2D eigenvalue weighted by atomic mass is 16.5. The van der Waals surface area contributed by atoms with Crippen LogP contribution in [0.15, 0.2) is 48.5 Å². The molecule has 2 aromatic carbocycles. The van der Waals surface area contributed by atoms with E-state index in [9.17, 15) is 19.2 Å². The molecule has 2 atom stereocenters. The van der Waals surface area contributed by atoms with Gasteiger partial charge in [0.2, 0.25) is 0 Å². The molecule has 1 aliphatic carbocycles. The number of benzene rings is 2. The fourth-order valence-electron chi connectivity index (χ4n) is 5.33. The fraction of sp³-hybridized carbons (Fsp3) is 0.360. The van der Waals surface area contributed by atoms with Crippen molar-refractivity contribution in [2.75, 3.05) is 0 Å². The van der Waals surface area contributed by atoms with E-state index in [1.807, 2.05) is 0 Å². The predicted molar refractivity (Wildman–Crippen MR) is 110 cm³/mol. The molecule has 0 N–H and O–H groups in total. The van der Waals surface area contributed by atoms with Gasteiger partial charge in [-0.05, 0) is 30.2 Å². The highest BCUT2D eigenvalue weighted by Gasteiger charge is 2.54. The first-order valence-electron chi connectivity index (χ1n) is 10.8. The molecule has 31 heavy (non-hydrogen) atoms. The summed E-state index contributed by atoms with van der Waals surface area (Å²) >= 11 is 0. The molecular weight excluding hydrogens is 396 g/mol. The summed E-state index contributed by atoms with van der Waals surface area (Å²) in [4.78, 5) is 53.0. The lowest BCUT2D eigenvalue weighted by Gasteiger charge is -2.40. The van der Waals surface area contributed by atoms with E-state index in [1.54, 1.807) is 48.5 Å². The molecule has 6 heteroatoms. The number of rotatable bonds is 3. The minimum Gasteiger partial charge on any atom is -0.425 e. The first-order chi connectivity index (χ1) is 15.1. The SMILES string of the molecule is O=C1Oc2ccccc2C(=O)C1C(C1CCCCC1)C1C(=O)Oc2ccccc2C1=O. The highest BCUT2D eigenvalue weighted by Crippen LogP contribution is 2.45. The minimum atomic E-state index is -1.20. The minimum absolute atomic E-state index is 0.118. The van der Waals surface area contributed by atoms with Gasteiger partial charge in [-0.15, -0.1) is 0 Å². The summed E-state index contributed by atoms with van der Waals surface area (Å²) in [5.74, 6) is -5.04. The quantitative estimate of drug-likeness (QED) is 0.425. The van der Waals surface area contributed by atoms with E-state index < -0.39 is 29.7 Å². The van der Waals surface area contributed by atoms with E-state index >= 15 is 0 Å². The highest BCUT2D eigenvalue weighted by molar-refractivity contribution is 6.17. The van der Waals surface area contributed by atoms with E-state index in [-0.39, 0.29) is 29.0 Å². The summed E-state index contributed by atoms with van der Waals surface area (Å²) in [6, 6.07) is 13.2. The number of carbonyl (C=O) groups excluding carboxylic acids is 4. The van der Waals surface area contributed by atoms with Crippen molar-refractivity contribution in [1.29, 1.82) is 0 Å². The molecule has 6 nitrogen and oxygen atoms in total. The Morgan fingerprint density at radius 1 is 0.645 bits per heavy atom. The average Bonchev–Trinajstić information content (AvgIpc) is 2.78. The van der Waals surface area contributed by atoms with E-state index in [1.165, 1.54) is 0 Å². The van der Waals surface area contributed by atoms with E-state index in [0.717, 1.165) is 32.1 Å². The molecule has 2 heterocycles. The molecule has 5 rings (SSSR count). The molecule has 0 radical (unpaired) electrons. The summed E-state index contributed by atoms with van der Waals surface area (Å²) in [7, 11) is 0. The van der Waals surface area contributed by atoms with Gasteiger partial charge < -0.3 is 9.47 Å². The third kappa shape index (κ3) is 3.26. The monoisotopic (exact) mass is 418 g/mol. The van der Waals surface area contributed by atoms with Gasteiger partial charge in [0.15, 0.2) is 11.6 Å². The largest absolute Gasteiger partial charge is 0.425 e. The Morgan fingerprint density at radius 3 is 1.58 bits per heavy atom. The lowest BCUT2D eigenvalue weighted by molar-refractivity contribution is -0.146. The normalized spacial score (nSPS) is 24.6. The molecule has 2 unspecified atom stereocenters. The average molecular weight is 418 g/mol. The third-order valence-corrected chi connectivity index (χ3v) is 6.76. The topological polar surface area (TPSA) is 86.7 Å². The molecule has 0 bridgehead atoms. The summed E-state index contributed by atoms with van der Waals surface area (Å²) in [5.41, 5.74) is 0.620. The fourth-order valence-corrected chi connectivity index (χ4v) is 5.33. The molecule has 0 aromatic heterocycles. The lowest BCUT2D eigenvalue weighted by atomic mass is 9.64. The molecule has 0 saturated heterocycles. The number of esters is 2. The zero-order valence-corrected chi connectivity index (χ0v) is 16.9. The van der Waals surface area contributed by atoms with Gasteiger partial charge in [0.1, 0.15) is 23.3 Å². The van der Waals surface area contributed by atoms with Crippen LogP contribution in [0.25, 0.3) is 0 Å². The maximum Gasteiger partial charge on any atom is 0.322 e. The van der Waals surface area contributed by atoms with Gasteiger partial charge in [0.05, 0.1) is 11.1 Å². The van der Waals surface area contributed by atoms with Crippen molar-refractivity contribution < 1.29 is 28.7 Å². The van der Waals surface area contributed by atoms with Gasteiger partial charge >= 0.3 is 11.9 Å². The van der Waals surface area contributed by atoms with Gasteiger partial charge in [0.25, 0.3) is 0 Å². The summed E-state index contributed by atoms with van der Waals surface area (Å²) in [5, 5.41) is 0. The predicted octanol–water partition coefficient (Wildman–Crippen LogP) is 4.02. The Bertz CT molecular complexity index is 1000. The van der Waals surface area contributed by atoms with E-state index in [0.29, 0.717) is 11.1 Å². The smallest absolute Gasteiger partial charge is 0.322 e. The maximum absolute atomic E-state index is 13.4. The standard InChI is InChI=1S/C25H22O6/c26-22-15-10-4-6-12-17(15)30-24(28)20(22)19(14-8-2-1-3-9-14)21-23(27)16-11-5-7-13-18(16)31-25(21)29/h4-7,10-14,19-21H,1-3,8-9H2. The summed E-state index contributed by atoms with van der Waals surface area (Å²) in [6.07, 6.45) is 4.42. The van der Waals surface area contributed by atoms with Crippen LogP contribution in [0.2, 0.25) is 0 Å². The first-order valence-corrected chi connectivity index (χ1v) is 10.8. The van der Waals surface area contributed by atoms with Gasteiger partial charge in [0, 0.05) is 5.92 Å². The van der Waals surface area contributed by atoms with Crippen molar-refractivity contribution in [2.45, 2.75) is 32.1 Å². The molecule has 3 aliphatic rings. The number of hydrogen-bond acceptors (Lipinski definition) is 6. The molecule has 1 saturated carbocycles. The summed E-state index contributed by atoms with van der Waals surface area (Å²) < 4.78 is 11.0. The van der Waals surface area contributed by atoms with Gasteiger partial charge in [-0.2, -0.15) is 0 Å². The van der Waals surface area contributed by atoms with Crippen LogP contribution >= 0.6 is 0 Å². The number of ether oxygens (including phenoxy) is 2. The van der Waals surface area contributed by atoms with Crippen LogP contribution in [0, 0.1) is 23.7 Å². The Hall–Kier alpha value is -3.28. The number of fused-ring (bicyclic) bond motifs is 2. The van der Waals surface area contributed by atoms with Gasteiger partial charge in [-0.3, -0.25) is 19.2 Å². The summed E-state index contributed by atoms with van der Waals surface area (Å²) in [6.45, 7) is 0. The number of Topliss-reactive ketones (excluding diaryl/α,β-unsaturated/α-hetero) is 2. The second kappa shape index (κ2) is 7.76. The van der Waals surface area contributed by atoms with Crippen molar-refractivity contribution >= 4 is 23.5 Å². The zero-order chi connectivity index (χ0) is 21.5. The molecule has 0 amide bonds. The molecule has 1 fully saturated rings. The number of para-hydroxylation sites is 2.